The number of pyridine rings is 1. The van der Waals surface area contributed by atoms with Crippen LogP contribution >= 0.6 is 0 Å². The van der Waals surface area contributed by atoms with E-state index in [9.17, 15) is 4.79 Å². The Morgan fingerprint density at radius 1 is 1.24 bits per heavy atom. The van der Waals surface area contributed by atoms with E-state index in [0.717, 1.165) is 18.4 Å². The molecular formula is C17H27IN2O. The lowest BCUT2D eigenvalue weighted by Gasteiger charge is -2.43. The summed E-state index contributed by atoms with van der Waals surface area (Å²) < 4.78 is 1.94. The van der Waals surface area contributed by atoms with Gasteiger partial charge in [0.25, 0.3) is 5.91 Å². The summed E-state index contributed by atoms with van der Waals surface area (Å²) in [5.74, 6) is 0.167. The van der Waals surface area contributed by atoms with Crippen molar-refractivity contribution < 1.29 is 33.3 Å². The third-order valence-electron chi connectivity index (χ3n) is 4.07. The topological polar surface area (TPSA) is 24.2 Å². The molecule has 3 nitrogen and oxygen atoms in total. The summed E-state index contributed by atoms with van der Waals surface area (Å²) in [6.07, 6.45) is 9.95. The van der Waals surface area contributed by atoms with E-state index >= 15 is 0 Å². The number of rotatable bonds is 2. The summed E-state index contributed by atoms with van der Waals surface area (Å²) in [5, 5.41) is 0. The number of amides is 1. The molecule has 0 aromatic carbocycles. The van der Waals surface area contributed by atoms with Crippen LogP contribution in [-0.2, 0) is 7.05 Å². The second-order valence-electron chi connectivity index (χ2n) is 6.90. The monoisotopic (exact) mass is 402 g/mol. The molecule has 1 heterocycles. The van der Waals surface area contributed by atoms with Gasteiger partial charge in [0, 0.05) is 17.6 Å². The van der Waals surface area contributed by atoms with Crippen molar-refractivity contribution in [3.63, 3.8) is 0 Å². The minimum Gasteiger partial charge on any atom is -1.00 e. The number of carbonyl (C=O) groups is 1. The van der Waals surface area contributed by atoms with Gasteiger partial charge in [-0.15, -0.1) is 0 Å². The first-order chi connectivity index (χ1) is 9.39. The van der Waals surface area contributed by atoms with Gasteiger partial charge in [-0.3, -0.25) is 4.79 Å². The Hall–Kier alpha value is -0.650. The van der Waals surface area contributed by atoms with E-state index < -0.39 is 0 Å². The molecule has 1 aromatic rings. The number of aryl methyl sites for hydroxylation is 1. The smallest absolute Gasteiger partial charge is 0.260 e. The molecule has 0 saturated heterocycles. The van der Waals surface area contributed by atoms with Gasteiger partial charge in [-0.2, -0.15) is 0 Å². The van der Waals surface area contributed by atoms with Crippen LogP contribution < -0.4 is 28.5 Å². The van der Waals surface area contributed by atoms with Gasteiger partial charge in [0.2, 0.25) is 0 Å². The molecule has 0 spiro atoms. The summed E-state index contributed by atoms with van der Waals surface area (Å²) in [6.45, 7) is 6.42. The molecule has 118 valence electrons. The molecule has 0 N–H and O–H groups in total. The van der Waals surface area contributed by atoms with E-state index in [0.29, 0.717) is 6.04 Å². The molecule has 2 rings (SSSR count). The molecule has 0 radical (unpaired) electrons. The number of nitrogens with zero attached hydrogens (tertiary/aromatic N) is 2. The van der Waals surface area contributed by atoms with Crippen molar-refractivity contribution in [1.82, 2.24) is 4.90 Å². The quantitative estimate of drug-likeness (QED) is 0.508. The summed E-state index contributed by atoms with van der Waals surface area (Å²) in [6, 6.07) is 4.25. The molecule has 1 fully saturated rings. The Bertz CT molecular complexity index is 476. The lowest BCUT2D eigenvalue weighted by Crippen LogP contribution is -3.00. The fraction of sp³-hybridized carbons (Fsp3) is 0.647. The van der Waals surface area contributed by atoms with Crippen LogP contribution in [0.4, 0.5) is 0 Å². The van der Waals surface area contributed by atoms with Gasteiger partial charge in [-0.05, 0) is 39.7 Å². The van der Waals surface area contributed by atoms with Crippen LogP contribution in [0.2, 0.25) is 0 Å². The predicted octanol–water partition coefficient (Wildman–Crippen LogP) is 0.0885. The maximum Gasteiger partial charge on any atom is 0.260 e. The van der Waals surface area contributed by atoms with Gasteiger partial charge in [-0.1, -0.05) is 19.3 Å². The van der Waals surface area contributed by atoms with Crippen LogP contribution in [0, 0.1) is 0 Å². The predicted molar refractivity (Wildman–Crippen MR) is 80.4 cm³/mol. The second kappa shape index (κ2) is 7.56. The van der Waals surface area contributed by atoms with E-state index in [1.165, 1.54) is 19.3 Å². The van der Waals surface area contributed by atoms with E-state index in [-0.39, 0.29) is 35.4 Å². The van der Waals surface area contributed by atoms with Gasteiger partial charge in [0.05, 0.1) is 0 Å². The number of hydrogen-bond donors (Lipinski definition) is 0. The zero-order valence-electron chi connectivity index (χ0n) is 13.6. The first-order valence-corrected chi connectivity index (χ1v) is 7.68. The van der Waals surface area contributed by atoms with Crippen molar-refractivity contribution in [2.45, 2.75) is 64.5 Å². The van der Waals surface area contributed by atoms with Gasteiger partial charge in [0.15, 0.2) is 12.4 Å². The van der Waals surface area contributed by atoms with E-state index in [1.807, 2.05) is 36.1 Å². The maximum atomic E-state index is 13.0. The van der Waals surface area contributed by atoms with Gasteiger partial charge >= 0.3 is 0 Å². The van der Waals surface area contributed by atoms with Crippen LogP contribution in [-0.4, -0.2) is 22.4 Å². The van der Waals surface area contributed by atoms with Crippen LogP contribution in [0.25, 0.3) is 0 Å². The molecule has 1 aliphatic carbocycles. The third kappa shape index (κ3) is 4.66. The minimum atomic E-state index is -0.131. The minimum absolute atomic E-state index is 0. The molecule has 21 heavy (non-hydrogen) atoms. The number of halogens is 1. The van der Waals surface area contributed by atoms with Crippen LogP contribution in [0.3, 0.4) is 0 Å². The fourth-order valence-electron chi connectivity index (χ4n) is 3.21. The second-order valence-corrected chi connectivity index (χ2v) is 6.90. The Balaban J connectivity index is 0.00000220. The summed E-state index contributed by atoms with van der Waals surface area (Å²) in [4.78, 5) is 15.1. The Morgan fingerprint density at radius 3 is 2.38 bits per heavy atom. The molecule has 0 unspecified atom stereocenters. The third-order valence-corrected chi connectivity index (χ3v) is 4.07. The fourth-order valence-corrected chi connectivity index (χ4v) is 3.21. The largest absolute Gasteiger partial charge is 1.00 e. The molecule has 1 aromatic heterocycles. The number of hydrogen-bond acceptors (Lipinski definition) is 1. The zero-order chi connectivity index (χ0) is 14.8. The van der Waals surface area contributed by atoms with Crippen molar-refractivity contribution in [3.05, 3.63) is 30.1 Å². The van der Waals surface area contributed by atoms with Crippen LogP contribution in [0.5, 0.6) is 0 Å². The van der Waals surface area contributed by atoms with Crippen molar-refractivity contribution in [3.8, 4) is 0 Å². The van der Waals surface area contributed by atoms with E-state index in [1.54, 1.807) is 0 Å². The average molecular weight is 402 g/mol. The normalized spacial score (nSPS) is 16.2. The summed E-state index contributed by atoms with van der Waals surface area (Å²) in [5.41, 5.74) is 0.656. The molecule has 0 aliphatic heterocycles. The molecule has 4 heteroatoms. The molecule has 1 aliphatic rings. The lowest BCUT2D eigenvalue weighted by molar-refractivity contribution is -0.671. The van der Waals surface area contributed by atoms with Crippen molar-refractivity contribution in [2.24, 2.45) is 7.05 Å². The highest BCUT2D eigenvalue weighted by Gasteiger charge is 2.34. The van der Waals surface area contributed by atoms with E-state index in [4.69, 9.17) is 0 Å². The molecule has 1 amide bonds. The summed E-state index contributed by atoms with van der Waals surface area (Å²) >= 11 is 0. The average Bonchev–Trinajstić information content (AvgIpc) is 2.38. The van der Waals surface area contributed by atoms with E-state index in [2.05, 4.69) is 25.7 Å². The zero-order valence-corrected chi connectivity index (χ0v) is 15.8. The lowest BCUT2D eigenvalue weighted by atomic mass is 9.90. The summed E-state index contributed by atoms with van der Waals surface area (Å²) in [7, 11) is 1.96. The SMILES string of the molecule is C[n+]1cccc(C(=O)N(C2CCCCC2)C(C)(C)C)c1.[I-]. The molecule has 0 atom stereocenters. The Morgan fingerprint density at radius 2 is 1.86 bits per heavy atom. The van der Waals surface area contributed by atoms with Gasteiger partial charge in [-0.25, -0.2) is 4.57 Å². The molecule has 1 saturated carbocycles. The van der Waals surface area contributed by atoms with Crippen LogP contribution in [0.15, 0.2) is 24.5 Å². The van der Waals surface area contributed by atoms with Crippen LogP contribution in [0.1, 0.15) is 63.2 Å². The first-order valence-electron chi connectivity index (χ1n) is 7.68. The Labute approximate surface area is 145 Å². The highest BCUT2D eigenvalue weighted by atomic mass is 127. The van der Waals surface area contributed by atoms with Crippen molar-refractivity contribution in [2.75, 3.05) is 0 Å². The highest BCUT2D eigenvalue weighted by Crippen LogP contribution is 2.29. The highest BCUT2D eigenvalue weighted by molar-refractivity contribution is 5.94. The van der Waals surface area contributed by atoms with Crippen molar-refractivity contribution >= 4 is 5.91 Å². The van der Waals surface area contributed by atoms with Crippen molar-refractivity contribution in [1.29, 1.82) is 0 Å². The molecular weight excluding hydrogens is 375 g/mol. The first kappa shape index (κ1) is 18.4. The van der Waals surface area contributed by atoms with Gasteiger partial charge < -0.3 is 28.9 Å². The standard InChI is InChI=1S/C17H27N2O.HI/c1-17(2,3)19(15-10-6-5-7-11-15)16(20)14-9-8-12-18(4)13-14;/h8-9,12-13,15H,5-7,10-11H2,1-4H3;1H/q+1;/p-1. The maximum absolute atomic E-state index is 13.0. The van der Waals surface area contributed by atoms with Gasteiger partial charge in [0.1, 0.15) is 12.6 Å². The molecule has 0 bridgehead atoms. The number of aromatic nitrogens is 1. The Kier molecular flexibility index (Phi) is 6.63. The number of carbonyl (C=O) groups excluding carboxylic acids is 1.